The molecule has 1 aromatic carbocycles. The number of nitrogens with zero attached hydrogens (tertiary/aromatic N) is 1. The second-order valence-electron chi connectivity index (χ2n) is 3.15. The number of hydrogen-bond acceptors (Lipinski definition) is 4. The van der Waals surface area contributed by atoms with Gasteiger partial charge in [-0.15, -0.1) is 0 Å². The van der Waals surface area contributed by atoms with Crippen molar-refractivity contribution in [2.75, 3.05) is 7.11 Å². The average molecular weight is 221 g/mol. The fourth-order valence-corrected chi connectivity index (χ4v) is 1.17. The number of methoxy groups -OCH3 is 1. The molecule has 0 aromatic heterocycles. The Labute approximate surface area is 92.5 Å². The van der Waals surface area contributed by atoms with E-state index in [9.17, 15) is 14.9 Å². The van der Waals surface area contributed by atoms with Crippen LogP contribution in [0.2, 0.25) is 0 Å². The van der Waals surface area contributed by atoms with Crippen molar-refractivity contribution in [1.82, 2.24) is 0 Å². The molecule has 0 aliphatic carbocycles. The highest BCUT2D eigenvalue weighted by Crippen LogP contribution is 2.18. The Morgan fingerprint density at radius 2 is 1.94 bits per heavy atom. The number of rotatable bonds is 3. The van der Waals surface area contributed by atoms with Crippen molar-refractivity contribution in [1.29, 1.82) is 0 Å². The quantitative estimate of drug-likeness (QED) is 0.339. The van der Waals surface area contributed by atoms with Crippen LogP contribution in [0.3, 0.4) is 0 Å². The Balaban J connectivity index is 2.94. The van der Waals surface area contributed by atoms with Crippen LogP contribution in [0.15, 0.2) is 30.3 Å². The summed E-state index contributed by atoms with van der Waals surface area (Å²) in [5.74, 6) is -0.448. The van der Waals surface area contributed by atoms with Crippen molar-refractivity contribution >= 4 is 17.2 Å². The van der Waals surface area contributed by atoms with Crippen molar-refractivity contribution in [2.45, 2.75) is 6.92 Å². The van der Waals surface area contributed by atoms with Gasteiger partial charge in [-0.3, -0.25) is 10.1 Å². The second-order valence-corrected chi connectivity index (χ2v) is 3.15. The molecule has 1 aromatic rings. The van der Waals surface area contributed by atoms with Gasteiger partial charge >= 0.3 is 5.97 Å². The van der Waals surface area contributed by atoms with Gasteiger partial charge in [0.25, 0.3) is 5.69 Å². The smallest absolute Gasteiger partial charge is 0.330 e. The maximum atomic E-state index is 11.0. The summed E-state index contributed by atoms with van der Waals surface area (Å²) in [4.78, 5) is 20.9. The standard InChI is InChI=1S/C11H11NO4/c1-8(7-11(13)16-2)9-3-5-10(6-4-9)12(14)15/h3-7H,1-2H3/b8-7-. The highest BCUT2D eigenvalue weighted by molar-refractivity contribution is 5.90. The van der Waals surface area contributed by atoms with Crippen LogP contribution >= 0.6 is 0 Å². The van der Waals surface area contributed by atoms with Gasteiger partial charge in [-0.2, -0.15) is 0 Å². The first-order chi connectivity index (χ1) is 7.54. The number of hydrogen-bond donors (Lipinski definition) is 0. The van der Waals surface area contributed by atoms with E-state index in [0.29, 0.717) is 5.57 Å². The number of benzene rings is 1. The summed E-state index contributed by atoms with van der Waals surface area (Å²) >= 11 is 0. The molecule has 0 radical (unpaired) electrons. The lowest BCUT2D eigenvalue weighted by molar-refractivity contribution is -0.384. The van der Waals surface area contributed by atoms with Crippen molar-refractivity contribution in [3.8, 4) is 0 Å². The lowest BCUT2D eigenvalue weighted by atomic mass is 10.1. The molecule has 84 valence electrons. The molecule has 0 spiro atoms. The predicted octanol–water partition coefficient (Wildman–Crippen LogP) is 2.17. The van der Waals surface area contributed by atoms with Crippen molar-refractivity contribution in [3.05, 3.63) is 46.0 Å². The summed E-state index contributed by atoms with van der Waals surface area (Å²) < 4.78 is 4.48. The molecular formula is C11H11NO4. The van der Waals surface area contributed by atoms with Gasteiger partial charge in [0.05, 0.1) is 12.0 Å². The van der Waals surface area contributed by atoms with Gasteiger partial charge < -0.3 is 4.74 Å². The lowest BCUT2D eigenvalue weighted by Gasteiger charge is -2.00. The Morgan fingerprint density at radius 1 is 1.38 bits per heavy atom. The number of carbonyl (C=O) groups is 1. The third kappa shape index (κ3) is 2.91. The minimum Gasteiger partial charge on any atom is -0.466 e. The topological polar surface area (TPSA) is 69.4 Å². The van der Waals surface area contributed by atoms with Gasteiger partial charge in [0.15, 0.2) is 0 Å². The summed E-state index contributed by atoms with van der Waals surface area (Å²) in [6.45, 7) is 1.73. The van der Waals surface area contributed by atoms with Gasteiger partial charge in [-0.05, 0) is 30.2 Å². The Hall–Kier alpha value is -2.17. The normalized spacial score (nSPS) is 11.0. The molecule has 0 saturated heterocycles. The summed E-state index contributed by atoms with van der Waals surface area (Å²) in [5, 5.41) is 10.4. The number of allylic oxidation sites excluding steroid dienone is 1. The predicted molar refractivity (Wildman–Crippen MR) is 58.8 cm³/mol. The van der Waals surface area contributed by atoms with Crippen LogP contribution in [0.1, 0.15) is 12.5 Å². The molecule has 5 nitrogen and oxygen atoms in total. The number of nitro benzene ring substituents is 1. The first kappa shape index (κ1) is 11.9. The highest BCUT2D eigenvalue weighted by Gasteiger charge is 2.05. The fraction of sp³-hybridized carbons (Fsp3) is 0.182. The van der Waals surface area contributed by atoms with E-state index in [1.807, 2.05) is 0 Å². The summed E-state index contributed by atoms with van der Waals surface area (Å²) in [6, 6.07) is 5.97. The van der Waals surface area contributed by atoms with Crippen LogP contribution in [-0.4, -0.2) is 18.0 Å². The van der Waals surface area contributed by atoms with E-state index in [2.05, 4.69) is 4.74 Å². The number of esters is 1. The zero-order valence-electron chi connectivity index (χ0n) is 8.97. The van der Waals surface area contributed by atoms with E-state index < -0.39 is 10.9 Å². The molecule has 0 bridgehead atoms. The van der Waals surface area contributed by atoms with Crippen LogP contribution in [0.4, 0.5) is 5.69 Å². The van der Waals surface area contributed by atoms with E-state index in [-0.39, 0.29) is 5.69 Å². The highest BCUT2D eigenvalue weighted by atomic mass is 16.6. The van der Waals surface area contributed by atoms with Gasteiger partial charge in [0.1, 0.15) is 0 Å². The summed E-state index contributed by atoms with van der Waals surface area (Å²) in [5.41, 5.74) is 1.47. The van der Waals surface area contributed by atoms with Crippen LogP contribution in [-0.2, 0) is 9.53 Å². The summed E-state index contributed by atoms with van der Waals surface area (Å²) in [6.07, 6.45) is 1.33. The zero-order valence-corrected chi connectivity index (χ0v) is 8.97. The third-order valence-electron chi connectivity index (χ3n) is 2.07. The second kappa shape index (κ2) is 5.06. The van der Waals surface area contributed by atoms with Crippen LogP contribution in [0, 0.1) is 10.1 Å². The van der Waals surface area contributed by atoms with Crippen LogP contribution in [0.25, 0.3) is 5.57 Å². The Bertz CT molecular complexity index is 434. The van der Waals surface area contributed by atoms with E-state index >= 15 is 0 Å². The molecule has 16 heavy (non-hydrogen) atoms. The van der Waals surface area contributed by atoms with Crippen molar-refractivity contribution < 1.29 is 14.5 Å². The Morgan fingerprint density at radius 3 is 2.38 bits per heavy atom. The molecule has 0 aliphatic rings. The minimum atomic E-state index is -0.469. The Kier molecular flexibility index (Phi) is 3.77. The van der Waals surface area contributed by atoms with Crippen LogP contribution < -0.4 is 0 Å². The zero-order chi connectivity index (χ0) is 12.1. The molecule has 0 N–H and O–H groups in total. The SMILES string of the molecule is COC(=O)/C=C(/C)c1ccc([N+](=O)[O-])cc1. The van der Waals surface area contributed by atoms with Gasteiger partial charge in [-0.1, -0.05) is 0 Å². The number of ether oxygens (including phenoxy) is 1. The third-order valence-corrected chi connectivity index (χ3v) is 2.07. The number of nitro groups is 1. The summed E-state index contributed by atoms with van der Waals surface area (Å²) in [7, 11) is 1.29. The number of non-ortho nitro benzene ring substituents is 1. The maximum Gasteiger partial charge on any atom is 0.330 e. The lowest BCUT2D eigenvalue weighted by Crippen LogP contribution is -1.96. The van der Waals surface area contributed by atoms with Crippen molar-refractivity contribution in [2.24, 2.45) is 0 Å². The minimum absolute atomic E-state index is 0.0228. The molecule has 0 atom stereocenters. The van der Waals surface area contributed by atoms with Gasteiger partial charge in [0.2, 0.25) is 0 Å². The van der Waals surface area contributed by atoms with E-state index in [1.165, 1.54) is 25.3 Å². The fourth-order valence-electron chi connectivity index (χ4n) is 1.17. The molecule has 0 unspecified atom stereocenters. The van der Waals surface area contributed by atoms with E-state index in [1.54, 1.807) is 19.1 Å². The van der Waals surface area contributed by atoms with Gasteiger partial charge in [0, 0.05) is 18.2 Å². The van der Waals surface area contributed by atoms with Crippen molar-refractivity contribution in [3.63, 3.8) is 0 Å². The molecule has 0 amide bonds. The first-order valence-electron chi connectivity index (χ1n) is 4.55. The first-order valence-corrected chi connectivity index (χ1v) is 4.55. The molecule has 0 heterocycles. The molecule has 0 fully saturated rings. The molecule has 5 heteroatoms. The maximum absolute atomic E-state index is 11.0. The van der Waals surface area contributed by atoms with E-state index in [0.717, 1.165) is 5.56 Å². The molecule has 0 saturated carbocycles. The van der Waals surface area contributed by atoms with Crippen LogP contribution in [0.5, 0.6) is 0 Å². The molecular weight excluding hydrogens is 210 g/mol. The van der Waals surface area contributed by atoms with E-state index in [4.69, 9.17) is 0 Å². The molecule has 1 rings (SSSR count). The molecule has 0 aliphatic heterocycles. The largest absolute Gasteiger partial charge is 0.466 e. The number of carbonyl (C=O) groups excluding carboxylic acids is 1. The average Bonchev–Trinajstić information content (AvgIpc) is 2.28. The monoisotopic (exact) mass is 221 g/mol. The van der Waals surface area contributed by atoms with Gasteiger partial charge in [-0.25, -0.2) is 4.79 Å².